The molecule has 1 N–H and O–H groups in total. The second-order valence-corrected chi connectivity index (χ2v) is 4.69. The summed E-state index contributed by atoms with van der Waals surface area (Å²) in [6.07, 6.45) is 1.21. The Kier molecular flexibility index (Phi) is 6.12. The van der Waals surface area contributed by atoms with Gasteiger partial charge >= 0.3 is 0 Å². The number of hydrogen-bond donors (Lipinski definition) is 1. The van der Waals surface area contributed by atoms with Crippen molar-refractivity contribution < 1.29 is 0 Å². The van der Waals surface area contributed by atoms with E-state index in [-0.39, 0.29) is 0 Å². The summed E-state index contributed by atoms with van der Waals surface area (Å²) in [6.45, 7) is 7.68. The van der Waals surface area contributed by atoms with Gasteiger partial charge in [-0.3, -0.25) is 0 Å². The van der Waals surface area contributed by atoms with E-state index in [1.54, 1.807) is 0 Å². The van der Waals surface area contributed by atoms with Gasteiger partial charge in [0, 0.05) is 12.6 Å². The van der Waals surface area contributed by atoms with Gasteiger partial charge < -0.3 is 10.2 Å². The third kappa shape index (κ3) is 5.89. The van der Waals surface area contributed by atoms with Gasteiger partial charge in [0.25, 0.3) is 0 Å². The quantitative estimate of drug-likeness (QED) is 0.710. The van der Waals surface area contributed by atoms with Crippen LogP contribution in [-0.4, -0.2) is 31.1 Å². The molecular weight excluding hydrogens is 196 g/mol. The number of hydrogen-bond acceptors (Lipinski definition) is 2. The Morgan fingerprint density at radius 3 is 2.50 bits per heavy atom. The molecule has 16 heavy (non-hydrogen) atoms. The fraction of sp³-hybridized carbons (Fsp3) is 0.571. The molecule has 0 aromatic heterocycles. The lowest BCUT2D eigenvalue weighted by atomic mass is 10.2. The SMILES string of the molecule is CC(C)NCCCN(C)Cc1ccccc1. The highest BCUT2D eigenvalue weighted by Crippen LogP contribution is 2.02. The van der Waals surface area contributed by atoms with Crippen LogP contribution in [0, 0.1) is 0 Å². The molecule has 0 saturated heterocycles. The Morgan fingerprint density at radius 2 is 1.88 bits per heavy atom. The van der Waals surface area contributed by atoms with E-state index in [1.807, 2.05) is 0 Å². The van der Waals surface area contributed by atoms with Crippen LogP contribution in [0.4, 0.5) is 0 Å². The fourth-order valence-corrected chi connectivity index (χ4v) is 1.71. The lowest BCUT2D eigenvalue weighted by Gasteiger charge is -2.17. The van der Waals surface area contributed by atoms with Crippen LogP contribution in [0.3, 0.4) is 0 Å². The topological polar surface area (TPSA) is 15.3 Å². The Labute approximate surface area is 99.7 Å². The minimum absolute atomic E-state index is 0.597. The van der Waals surface area contributed by atoms with Gasteiger partial charge in [-0.2, -0.15) is 0 Å². The predicted octanol–water partition coefficient (Wildman–Crippen LogP) is 2.51. The molecule has 90 valence electrons. The minimum atomic E-state index is 0.597. The van der Waals surface area contributed by atoms with Crippen LogP contribution < -0.4 is 5.32 Å². The molecule has 1 rings (SSSR count). The van der Waals surface area contributed by atoms with E-state index in [4.69, 9.17) is 0 Å². The molecule has 2 nitrogen and oxygen atoms in total. The minimum Gasteiger partial charge on any atom is -0.314 e. The van der Waals surface area contributed by atoms with Crippen molar-refractivity contribution in [1.29, 1.82) is 0 Å². The molecule has 0 aliphatic heterocycles. The smallest absolute Gasteiger partial charge is 0.0230 e. The zero-order valence-corrected chi connectivity index (χ0v) is 10.7. The number of nitrogens with one attached hydrogen (secondary N) is 1. The molecule has 0 aliphatic carbocycles. The lowest BCUT2D eigenvalue weighted by molar-refractivity contribution is 0.318. The maximum atomic E-state index is 3.44. The summed E-state index contributed by atoms with van der Waals surface area (Å²) in [5, 5.41) is 3.44. The van der Waals surface area contributed by atoms with Gasteiger partial charge in [-0.25, -0.2) is 0 Å². The molecule has 1 aromatic rings. The van der Waals surface area contributed by atoms with Gasteiger partial charge in [-0.15, -0.1) is 0 Å². The van der Waals surface area contributed by atoms with E-state index in [1.165, 1.54) is 12.0 Å². The molecule has 1 aromatic carbocycles. The van der Waals surface area contributed by atoms with E-state index >= 15 is 0 Å². The highest BCUT2D eigenvalue weighted by atomic mass is 15.1. The molecular formula is C14H24N2. The van der Waals surface area contributed by atoms with Crippen LogP contribution in [-0.2, 0) is 6.54 Å². The highest BCUT2D eigenvalue weighted by Gasteiger charge is 1.99. The van der Waals surface area contributed by atoms with E-state index in [9.17, 15) is 0 Å². The van der Waals surface area contributed by atoms with Gasteiger partial charge in [0.1, 0.15) is 0 Å². The highest BCUT2D eigenvalue weighted by molar-refractivity contribution is 5.14. The summed E-state index contributed by atoms with van der Waals surface area (Å²) in [6, 6.07) is 11.2. The Bertz CT molecular complexity index is 269. The van der Waals surface area contributed by atoms with Crippen LogP contribution in [0.15, 0.2) is 30.3 Å². The first-order chi connectivity index (χ1) is 7.68. The molecule has 0 spiro atoms. The first kappa shape index (κ1) is 13.2. The third-order valence-electron chi connectivity index (χ3n) is 2.56. The molecule has 0 fully saturated rings. The summed E-state index contributed by atoms with van der Waals surface area (Å²) in [4.78, 5) is 2.37. The van der Waals surface area contributed by atoms with E-state index in [2.05, 4.69) is 61.4 Å². The first-order valence-electron chi connectivity index (χ1n) is 6.14. The van der Waals surface area contributed by atoms with Crippen molar-refractivity contribution in [2.24, 2.45) is 0 Å². The fourth-order valence-electron chi connectivity index (χ4n) is 1.71. The largest absolute Gasteiger partial charge is 0.314 e. The van der Waals surface area contributed by atoms with Crippen molar-refractivity contribution in [3.05, 3.63) is 35.9 Å². The molecule has 0 unspecified atom stereocenters. The van der Waals surface area contributed by atoms with Gasteiger partial charge in [0.15, 0.2) is 0 Å². The molecule has 0 atom stereocenters. The van der Waals surface area contributed by atoms with Crippen molar-refractivity contribution in [2.45, 2.75) is 32.9 Å². The summed E-state index contributed by atoms with van der Waals surface area (Å²) in [5.74, 6) is 0. The molecule has 0 radical (unpaired) electrons. The van der Waals surface area contributed by atoms with E-state index in [0.29, 0.717) is 6.04 Å². The predicted molar refractivity (Wildman–Crippen MR) is 70.5 cm³/mol. The van der Waals surface area contributed by atoms with Crippen molar-refractivity contribution in [3.63, 3.8) is 0 Å². The number of rotatable bonds is 7. The molecule has 0 saturated carbocycles. The molecule has 0 amide bonds. The second kappa shape index (κ2) is 7.42. The Morgan fingerprint density at radius 1 is 1.19 bits per heavy atom. The standard InChI is InChI=1S/C14H24N2/c1-13(2)15-10-7-11-16(3)12-14-8-5-4-6-9-14/h4-6,8-9,13,15H,7,10-12H2,1-3H3. The van der Waals surface area contributed by atoms with E-state index in [0.717, 1.165) is 19.6 Å². The van der Waals surface area contributed by atoms with Crippen molar-refractivity contribution in [2.75, 3.05) is 20.1 Å². The zero-order chi connectivity index (χ0) is 11.8. The average Bonchev–Trinajstić information content (AvgIpc) is 2.25. The van der Waals surface area contributed by atoms with Crippen molar-refractivity contribution >= 4 is 0 Å². The van der Waals surface area contributed by atoms with Crippen LogP contribution in [0.25, 0.3) is 0 Å². The summed E-state index contributed by atoms with van der Waals surface area (Å²) < 4.78 is 0. The summed E-state index contributed by atoms with van der Waals surface area (Å²) in [5.41, 5.74) is 1.39. The second-order valence-electron chi connectivity index (χ2n) is 4.69. The number of nitrogens with zero attached hydrogens (tertiary/aromatic N) is 1. The molecule has 0 heterocycles. The number of benzene rings is 1. The molecule has 0 bridgehead atoms. The van der Waals surface area contributed by atoms with E-state index < -0.39 is 0 Å². The van der Waals surface area contributed by atoms with Crippen molar-refractivity contribution in [3.8, 4) is 0 Å². The molecule has 2 heteroatoms. The lowest BCUT2D eigenvalue weighted by Crippen LogP contribution is -2.27. The maximum Gasteiger partial charge on any atom is 0.0230 e. The average molecular weight is 220 g/mol. The zero-order valence-electron chi connectivity index (χ0n) is 10.7. The Hall–Kier alpha value is -0.860. The van der Waals surface area contributed by atoms with Gasteiger partial charge in [-0.1, -0.05) is 44.2 Å². The van der Waals surface area contributed by atoms with Crippen LogP contribution in [0.1, 0.15) is 25.8 Å². The van der Waals surface area contributed by atoms with Crippen LogP contribution >= 0.6 is 0 Å². The van der Waals surface area contributed by atoms with Gasteiger partial charge in [-0.05, 0) is 32.1 Å². The van der Waals surface area contributed by atoms with Gasteiger partial charge in [0.05, 0.1) is 0 Å². The van der Waals surface area contributed by atoms with Crippen molar-refractivity contribution in [1.82, 2.24) is 10.2 Å². The molecule has 0 aliphatic rings. The first-order valence-corrected chi connectivity index (χ1v) is 6.14. The Balaban J connectivity index is 2.14. The van der Waals surface area contributed by atoms with Crippen LogP contribution in [0.2, 0.25) is 0 Å². The van der Waals surface area contributed by atoms with Gasteiger partial charge in [0.2, 0.25) is 0 Å². The summed E-state index contributed by atoms with van der Waals surface area (Å²) >= 11 is 0. The maximum absolute atomic E-state index is 3.44. The third-order valence-corrected chi connectivity index (χ3v) is 2.56. The normalized spacial score (nSPS) is 11.3. The monoisotopic (exact) mass is 220 g/mol. The summed E-state index contributed by atoms with van der Waals surface area (Å²) in [7, 11) is 2.18. The van der Waals surface area contributed by atoms with Crippen LogP contribution in [0.5, 0.6) is 0 Å².